The fourth-order valence-electron chi connectivity index (χ4n) is 1.56. The maximum Gasteiger partial charge on any atom is 0.417 e. The number of carbonyl (C=O) groups is 1. The monoisotopic (exact) mass is 335 g/mol. The topological polar surface area (TPSA) is 29.1 Å². The van der Waals surface area contributed by atoms with E-state index in [1.165, 1.54) is 6.07 Å². The first-order chi connectivity index (χ1) is 8.75. The summed E-state index contributed by atoms with van der Waals surface area (Å²) in [6.07, 6.45) is -2.49. The Hall–Kier alpha value is -1.30. The van der Waals surface area contributed by atoms with Crippen molar-refractivity contribution in [1.29, 1.82) is 0 Å². The third-order valence-corrected chi connectivity index (χ3v) is 2.92. The fraction of sp³-hybridized carbons (Fsp3) is 0.308. The lowest BCUT2D eigenvalue weighted by Gasteiger charge is -2.16. The van der Waals surface area contributed by atoms with Crippen molar-refractivity contribution in [3.05, 3.63) is 46.5 Å². The molecule has 1 unspecified atom stereocenters. The van der Waals surface area contributed by atoms with Crippen LogP contribution >= 0.6 is 15.9 Å². The number of halogens is 4. The minimum Gasteiger partial charge on any atom is -0.349 e. The number of amides is 1. The molecule has 0 saturated heterocycles. The van der Waals surface area contributed by atoms with E-state index in [0.29, 0.717) is 6.42 Å². The molecule has 1 aromatic carbocycles. The lowest BCUT2D eigenvalue weighted by atomic mass is 10.1. The average molecular weight is 336 g/mol. The van der Waals surface area contributed by atoms with Gasteiger partial charge in [-0.2, -0.15) is 13.2 Å². The van der Waals surface area contributed by atoms with E-state index < -0.39 is 17.6 Å². The molecular weight excluding hydrogens is 323 g/mol. The highest BCUT2D eigenvalue weighted by Crippen LogP contribution is 2.33. The highest BCUT2D eigenvalue weighted by molar-refractivity contribution is 9.10. The lowest BCUT2D eigenvalue weighted by Crippen LogP contribution is -2.33. The van der Waals surface area contributed by atoms with Crippen molar-refractivity contribution >= 4 is 21.8 Å². The molecule has 0 fully saturated rings. The van der Waals surface area contributed by atoms with Crippen LogP contribution in [-0.2, 0) is 6.18 Å². The Labute approximate surface area is 117 Å². The predicted octanol–water partition coefficient (Wildman–Crippen LogP) is 4.16. The molecule has 104 valence electrons. The molecule has 0 saturated carbocycles. The third-order valence-electron chi connectivity index (χ3n) is 2.43. The summed E-state index contributed by atoms with van der Waals surface area (Å²) in [6, 6.07) is 3.19. The largest absolute Gasteiger partial charge is 0.417 e. The number of rotatable bonds is 4. The Morgan fingerprint density at radius 3 is 2.68 bits per heavy atom. The molecule has 1 aromatic rings. The maximum absolute atomic E-state index is 12.9. The Balaban J connectivity index is 3.06. The third kappa shape index (κ3) is 4.38. The molecule has 1 atom stereocenters. The van der Waals surface area contributed by atoms with Crippen molar-refractivity contribution in [2.75, 3.05) is 0 Å². The van der Waals surface area contributed by atoms with E-state index in [1.807, 2.05) is 0 Å². The zero-order valence-electron chi connectivity index (χ0n) is 10.2. The first-order valence-corrected chi connectivity index (χ1v) is 6.33. The summed E-state index contributed by atoms with van der Waals surface area (Å²) in [5.41, 5.74) is -1.34. The zero-order chi connectivity index (χ0) is 14.6. The summed E-state index contributed by atoms with van der Waals surface area (Å²) in [4.78, 5) is 11.8. The number of nitrogens with one attached hydrogen (secondary N) is 1. The lowest BCUT2D eigenvalue weighted by molar-refractivity contribution is -0.138. The first kappa shape index (κ1) is 15.8. The summed E-state index contributed by atoms with van der Waals surface area (Å²) in [7, 11) is 0. The SMILES string of the molecule is C=CCC(C)NC(=O)c1ccc(Br)cc1C(F)(F)F. The van der Waals surface area contributed by atoms with Crippen LogP contribution in [-0.4, -0.2) is 11.9 Å². The number of carbonyl (C=O) groups excluding carboxylic acids is 1. The summed E-state index contributed by atoms with van der Waals surface area (Å²) in [5.74, 6) is -0.742. The molecule has 1 amide bonds. The van der Waals surface area contributed by atoms with Crippen LogP contribution in [0.3, 0.4) is 0 Å². The van der Waals surface area contributed by atoms with Crippen molar-refractivity contribution in [3.63, 3.8) is 0 Å². The van der Waals surface area contributed by atoms with Gasteiger partial charge in [0.05, 0.1) is 11.1 Å². The summed E-state index contributed by atoms with van der Waals surface area (Å²) in [6.45, 7) is 5.21. The molecule has 0 bridgehead atoms. The van der Waals surface area contributed by atoms with E-state index in [2.05, 4.69) is 27.8 Å². The van der Waals surface area contributed by atoms with Gasteiger partial charge in [0.15, 0.2) is 0 Å². The van der Waals surface area contributed by atoms with Crippen LogP contribution in [0, 0.1) is 0 Å². The van der Waals surface area contributed by atoms with Crippen LogP contribution < -0.4 is 5.32 Å². The van der Waals surface area contributed by atoms with Gasteiger partial charge in [-0.25, -0.2) is 0 Å². The van der Waals surface area contributed by atoms with Gasteiger partial charge in [0.25, 0.3) is 5.91 Å². The Kier molecular flexibility index (Phi) is 5.17. The number of hydrogen-bond donors (Lipinski definition) is 1. The Bertz CT molecular complexity index is 485. The van der Waals surface area contributed by atoms with Crippen LogP contribution in [0.5, 0.6) is 0 Å². The predicted molar refractivity (Wildman–Crippen MR) is 70.9 cm³/mol. The van der Waals surface area contributed by atoms with Crippen molar-refractivity contribution in [2.24, 2.45) is 0 Å². The van der Waals surface area contributed by atoms with E-state index in [1.54, 1.807) is 13.0 Å². The van der Waals surface area contributed by atoms with Gasteiger partial charge in [-0.05, 0) is 31.5 Å². The zero-order valence-corrected chi connectivity index (χ0v) is 11.8. The molecule has 0 heterocycles. The smallest absolute Gasteiger partial charge is 0.349 e. The van der Waals surface area contributed by atoms with Crippen LogP contribution in [0.15, 0.2) is 35.3 Å². The standard InChI is InChI=1S/C13H13BrF3NO/c1-3-4-8(2)18-12(19)10-6-5-9(14)7-11(10)13(15,16)17/h3,5-8H,1,4H2,2H3,(H,18,19). The second kappa shape index (κ2) is 6.23. The van der Waals surface area contributed by atoms with Crippen molar-refractivity contribution in [3.8, 4) is 0 Å². The molecular formula is C13H13BrF3NO. The molecule has 1 rings (SSSR count). The summed E-state index contributed by atoms with van der Waals surface area (Å²) < 4.78 is 38.8. The maximum atomic E-state index is 12.9. The molecule has 0 aliphatic carbocycles. The molecule has 6 heteroatoms. The first-order valence-electron chi connectivity index (χ1n) is 5.54. The van der Waals surface area contributed by atoms with Gasteiger partial charge >= 0.3 is 6.18 Å². The molecule has 0 aliphatic rings. The van der Waals surface area contributed by atoms with Crippen LogP contribution in [0.4, 0.5) is 13.2 Å². The van der Waals surface area contributed by atoms with Crippen molar-refractivity contribution in [2.45, 2.75) is 25.6 Å². The molecule has 0 aliphatic heterocycles. The van der Waals surface area contributed by atoms with Gasteiger partial charge in [-0.3, -0.25) is 4.79 Å². The minimum absolute atomic E-state index is 0.269. The van der Waals surface area contributed by atoms with E-state index in [0.717, 1.165) is 12.1 Å². The second-order valence-corrected chi connectivity index (χ2v) is 5.00. The molecule has 2 nitrogen and oxygen atoms in total. The highest BCUT2D eigenvalue weighted by Gasteiger charge is 2.35. The van der Waals surface area contributed by atoms with Gasteiger partial charge in [-0.15, -0.1) is 6.58 Å². The number of alkyl halides is 3. The number of hydrogen-bond acceptors (Lipinski definition) is 1. The molecule has 0 aromatic heterocycles. The summed E-state index contributed by atoms with van der Waals surface area (Å²) >= 11 is 2.97. The van der Waals surface area contributed by atoms with Crippen molar-refractivity contribution < 1.29 is 18.0 Å². The Morgan fingerprint density at radius 2 is 2.16 bits per heavy atom. The fourth-order valence-corrected chi connectivity index (χ4v) is 1.92. The van der Waals surface area contributed by atoms with E-state index in [4.69, 9.17) is 0 Å². The normalized spacial score (nSPS) is 12.9. The van der Waals surface area contributed by atoms with Gasteiger partial charge in [-0.1, -0.05) is 22.0 Å². The van der Waals surface area contributed by atoms with Crippen LogP contribution in [0.1, 0.15) is 29.3 Å². The summed E-state index contributed by atoms with van der Waals surface area (Å²) in [5, 5.41) is 2.50. The second-order valence-electron chi connectivity index (χ2n) is 4.09. The van der Waals surface area contributed by atoms with Gasteiger partial charge in [0.2, 0.25) is 0 Å². The minimum atomic E-state index is -4.57. The van der Waals surface area contributed by atoms with Gasteiger partial charge in [0, 0.05) is 10.5 Å². The van der Waals surface area contributed by atoms with Gasteiger partial charge < -0.3 is 5.32 Å². The average Bonchev–Trinajstić information content (AvgIpc) is 2.27. The van der Waals surface area contributed by atoms with Crippen LogP contribution in [0.25, 0.3) is 0 Å². The molecule has 0 radical (unpaired) electrons. The van der Waals surface area contributed by atoms with E-state index >= 15 is 0 Å². The Morgan fingerprint density at radius 1 is 1.53 bits per heavy atom. The molecule has 19 heavy (non-hydrogen) atoms. The van der Waals surface area contributed by atoms with E-state index in [9.17, 15) is 18.0 Å². The van der Waals surface area contributed by atoms with E-state index in [-0.39, 0.29) is 16.1 Å². The molecule has 0 spiro atoms. The highest BCUT2D eigenvalue weighted by atomic mass is 79.9. The van der Waals surface area contributed by atoms with Crippen LogP contribution in [0.2, 0.25) is 0 Å². The van der Waals surface area contributed by atoms with Gasteiger partial charge in [0.1, 0.15) is 0 Å². The number of benzene rings is 1. The quantitative estimate of drug-likeness (QED) is 0.822. The van der Waals surface area contributed by atoms with Crippen molar-refractivity contribution in [1.82, 2.24) is 5.32 Å². The molecule has 1 N–H and O–H groups in total.